The summed E-state index contributed by atoms with van der Waals surface area (Å²) < 4.78 is 0. The van der Waals surface area contributed by atoms with Gasteiger partial charge in [-0.1, -0.05) is 34.6 Å². The molecule has 0 spiro atoms. The summed E-state index contributed by atoms with van der Waals surface area (Å²) in [5, 5.41) is 3.05. The second-order valence-corrected chi connectivity index (χ2v) is 8.67. The van der Waals surface area contributed by atoms with Crippen LogP contribution in [0.1, 0.15) is 61.3 Å². The van der Waals surface area contributed by atoms with Crippen LogP contribution in [0.3, 0.4) is 0 Å². The maximum absolute atomic E-state index is 11.7. The van der Waals surface area contributed by atoms with Crippen molar-refractivity contribution in [3.05, 3.63) is 0 Å². The summed E-state index contributed by atoms with van der Waals surface area (Å²) in [5.74, 6) is 1.35. The Morgan fingerprint density at radius 2 is 1.52 bits per heavy atom. The molecule has 1 N–H and O–H groups in total. The predicted molar refractivity (Wildman–Crippen MR) is 108 cm³/mol. The van der Waals surface area contributed by atoms with Gasteiger partial charge in [-0.2, -0.15) is 0 Å². The molecule has 0 saturated carbocycles. The molecule has 4 atom stereocenters. The van der Waals surface area contributed by atoms with E-state index >= 15 is 0 Å². The Bertz CT molecular complexity index is 533. The summed E-state index contributed by atoms with van der Waals surface area (Å²) in [6.07, 6.45) is 1.84. The molecule has 0 aromatic rings. The van der Waals surface area contributed by atoms with Crippen LogP contribution in [0, 0.1) is 17.8 Å². The summed E-state index contributed by atoms with van der Waals surface area (Å²) in [4.78, 5) is 38.6. The van der Waals surface area contributed by atoms with Gasteiger partial charge in [-0.15, -0.1) is 0 Å². The number of amides is 2. The van der Waals surface area contributed by atoms with Crippen LogP contribution in [0.4, 0.5) is 0 Å². The molecule has 2 amide bonds. The van der Waals surface area contributed by atoms with E-state index in [0.29, 0.717) is 12.0 Å². The van der Waals surface area contributed by atoms with Crippen molar-refractivity contribution >= 4 is 17.6 Å². The molecule has 2 heterocycles. The second kappa shape index (κ2) is 10.2. The largest absolute Gasteiger partial charge is 0.338 e. The minimum atomic E-state index is -0.215. The number of carbonyl (C=O) groups is 3. The van der Waals surface area contributed by atoms with Crippen LogP contribution in [0.15, 0.2) is 0 Å². The number of carbonyl (C=O) groups excluding carboxylic acids is 3. The van der Waals surface area contributed by atoms with Gasteiger partial charge in [0.1, 0.15) is 0 Å². The van der Waals surface area contributed by atoms with Crippen LogP contribution in [0.2, 0.25) is 0 Å². The van der Waals surface area contributed by atoms with E-state index in [0.717, 1.165) is 25.9 Å². The maximum atomic E-state index is 11.7. The normalized spacial score (nSPS) is 25.1. The third kappa shape index (κ3) is 5.77. The van der Waals surface area contributed by atoms with Gasteiger partial charge in [0.2, 0.25) is 11.8 Å². The number of Topliss-reactive ketones (excluding diaryl/α,β-unsaturated/α-hetero) is 1. The highest BCUT2D eigenvalue weighted by Gasteiger charge is 2.36. The Morgan fingerprint density at radius 1 is 0.963 bits per heavy atom. The predicted octanol–water partition coefficient (Wildman–Crippen LogP) is 2.32. The van der Waals surface area contributed by atoms with Gasteiger partial charge in [0.15, 0.2) is 5.78 Å². The van der Waals surface area contributed by atoms with Crippen molar-refractivity contribution in [3.8, 4) is 0 Å². The maximum Gasteiger partial charge on any atom is 0.240 e. The smallest absolute Gasteiger partial charge is 0.240 e. The summed E-state index contributed by atoms with van der Waals surface area (Å²) >= 11 is 0. The molecular weight excluding hydrogens is 342 g/mol. The molecule has 2 aliphatic heterocycles. The van der Waals surface area contributed by atoms with Crippen LogP contribution < -0.4 is 5.32 Å². The monoisotopic (exact) mass is 381 g/mol. The zero-order valence-electron chi connectivity index (χ0n) is 18.4. The quantitative estimate of drug-likeness (QED) is 0.767. The van der Waals surface area contributed by atoms with Gasteiger partial charge in [-0.3, -0.25) is 14.4 Å². The van der Waals surface area contributed by atoms with E-state index in [-0.39, 0.29) is 41.5 Å². The topological polar surface area (TPSA) is 69.7 Å². The van der Waals surface area contributed by atoms with Crippen LogP contribution >= 0.6 is 0 Å². The Balaban J connectivity index is 0.000000271. The standard InChI is InChI=1S/C11H19NO2.C10H20N2O/c1-7(2)10(9(4)13)12-6-5-8(3)11(12)14;1-7(2)8(3)12-6-5-9(11-4)10(12)13/h7-8,10H,5-6H2,1-4H3;7-9,11H,5-6H2,1-4H3. The molecule has 156 valence electrons. The van der Waals surface area contributed by atoms with Gasteiger partial charge in [0.05, 0.1) is 12.1 Å². The fourth-order valence-corrected chi connectivity index (χ4v) is 3.91. The van der Waals surface area contributed by atoms with Crippen molar-refractivity contribution in [1.29, 1.82) is 0 Å². The van der Waals surface area contributed by atoms with Crippen LogP contribution in [-0.4, -0.2) is 65.7 Å². The molecule has 6 nitrogen and oxygen atoms in total. The lowest BCUT2D eigenvalue weighted by molar-refractivity contribution is -0.139. The van der Waals surface area contributed by atoms with Gasteiger partial charge in [-0.25, -0.2) is 0 Å². The Kier molecular flexibility index (Phi) is 8.92. The van der Waals surface area contributed by atoms with Crippen LogP contribution in [0.5, 0.6) is 0 Å². The first-order valence-electron chi connectivity index (χ1n) is 10.3. The molecule has 0 aromatic heterocycles. The third-order valence-corrected chi connectivity index (χ3v) is 5.94. The van der Waals surface area contributed by atoms with E-state index in [1.165, 1.54) is 0 Å². The summed E-state index contributed by atoms with van der Waals surface area (Å²) in [6.45, 7) is 15.6. The zero-order valence-corrected chi connectivity index (χ0v) is 18.4. The van der Waals surface area contributed by atoms with Gasteiger partial charge >= 0.3 is 0 Å². The van der Waals surface area contributed by atoms with Crippen LogP contribution in [-0.2, 0) is 14.4 Å². The van der Waals surface area contributed by atoms with Crippen molar-refractivity contribution in [1.82, 2.24) is 15.1 Å². The molecule has 4 unspecified atom stereocenters. The number of nitrogens with one attached hydrogen (secondary N) is 1. The lowest BCUT2D eigenvalue weighted by Crippen LogP contribution is -2.45. The molecule has 6 heteroatoms. The van der Waals surface area contributed by atoms with Crippen LogP contribution in [0.25, 0.3) is 0 Å². The van der Waals surface area contributed by atoms with E-state index in [1.807, 2.05) is 32.7 Å². The number of hydrogen-bond acceptors (Lipinski definition) is 4. The van der Waals surface area contributed by atoms with Crippen molar-refractivity contribution in [3.63, 3.8) is 0 Å². The zero-order chi connectivity index (χ0) is 20.9. The fourth-order valence-electron chi connectivity index (χ4n) is 3.91. The van der Waals surface area contributed by atoms with E-state index in [1.54, 1.807) is 11.8 Å². The second-order valence-electron chi connectivity index (χ2n) is 8.67. The lowest BCUT2D eigenvalue weighted by atomic mass is 9.99. The number of hydrogen-bond donors (Lipinski definition) is 1. The van der Waals surface area contributed by atoms with Crippen molar-refractivity contribution < 1.29 is 14.4 Å². The van der Waals surface area contributed by atoms with Crippen molar-refractivity contribution in [2.45, 2.75) is 79.4 Å². The average molecular weight is 382 g/mol. The highest BCUT2D eigenvalue weighted by Crippen LogP contribution is 2.23. The number of likely N-dealkylation sites (tertiary alicyclic amines) is 2. The minimum absolute atomic E-state index is 0.0567. The number of likely N-dealkylation sites (N-methyl/N-ethyl adjacent to an activating group) is 1. The average Bonchev–Trinajstić information content (AvgIpc) is 3.11. The summed E-state index contributed by atoms with van der Waals surface area (Å²) in [7, 11) is 1.85. The molecule has 0 radical (unpaired) electrons. The fraction of sp³-hybridized carbons (Fsp3) is 0.857. The van der Waals surface area contributed by atoms with E-state index in [9.17, 15) is 14.4 Å². The number of nitrogens with zero attached hydrogens (tertiary/aromatic N) is 2. The Hall–Kier alpha value is -1.43. The highest BCUT2D eigenvalue weighted by atomic mass is 16.2. The molecule has 2 rings (SSSR count). The Morgan fingerprint density at radius 3 is 1.85 bits per heavy atom. The molecule has 0 bridgehead atoms. The lowest BCUT2D eigenvalue weighted by Gasteiger charge is -2.29. The molecule has 0 aromatic carbocycles. The number of ketones is 1. The summed E-state index contributed by atoms with van der Waals surface area (Å²) in [5.41, 5.74) is 0. The summed E-state index contributed by atoms with van der Waals surface area (Å²) in [6, 6.07) is 0.208. The number of rotatable bonds is 6. The van der Waals surface area contributed by atoms with E-state index < -0.39 is 0 Å². The molecule has 2 fully saturated rings. The van der Waals surface area contributed by atoms with Crippen molar-refractivity contribution in [2.75, 3.05) is 20.1 Å². The SMILES string of the molecule is CC(=O)C(C(C)C)N1CCC(C)C1=O.CNC1CCN(C(C)C(C)C)C1=O. The molecule has 27 heavy (non-hydrogen) atoms. The van der Waals surface area contributed by atoms with E-state index in [4.69, 9.17) is 0 Å². The first-order valence-corrected chi connectivity index (χ1v) is 10.3. The van der Waals surface area contributed by atoms with Gasteiger partial charge in [0.25, 0.3) is 0 Å². The van der Waals surface area contributed by atoms with Gasteiger partial charge in [-0.05, 0) is 45.6 Å². The Labute approximate surface area is 165 Å². The molecular formula is C21H39N3O3. The molecule has 2 saturated heterocycles. The van der Waals surface area contributed by atoms with Gasteiger partial charge < -0.3 is 15.1 Å². The first-order chi connectivity index (χ1) is 12.5. The molecule has 2 aliphatic rings. The van der Waals surface area contributed by atoms with E-state index in [2.05, 4.69) is 26.1 Å². The molecule has 0 aliphatic carbocycles. The third-order valence-electron chi connectivity index (χ3n) is 5.94. The minimum Gasteiger partial charge on any atom is -0.338 e. The first kappa shape index (κ1) is 23.6. The van der Waals surface area contributed by atoms with Gasteiger partial charge in [0, 0.05) is 25.0 Å². The highest BCUT2D eigenvalue weighted by molar-refractivity contribution is 5.89. The van der Waals surface area contributed by atoms with Crippen molar-refractivity contribution in [2.24, 2.45) is 17.8 Å².